The van der Waals surface area contributed by atoms with Crippen LogP contribution in [0.1, 0.15) is 24.5 Å². The Kier molecular flexibility index (Phi) is 8.57. The number of carbonyl (C=O) groups is 2. The highest BCUT2D eigenvalue weighted by atomic mass is 79.9. The number of aryl methyl sites for hydroxylation is 1. The summed E-state index contributed by atoms with van der Waals surface area (Å²) in [4.78, 5) is 28.2. The number of amides is 2. The van der Waals surface area contributed by atoms with Crippen molar-refractivity contribution >= 4 is 56.6 Å². The van der Waals surface area contributed by atoms with E-state index in [0.717, 1.165) is 37.8 Å². The van der Waals surface area contributed by atoms with E-state index in [9.17, 15) is 9.59 Å². The van der Waals surface area contributed by atoms with Crippen LogP contribution in [0.25, 0.3) is 10.8 Å². The number of halogens is 2. The summed E-state index contributed by atoms with van der Waals surface area (Å²) in [6.45, 7) is 2.11. The van der Waals surface area contributed by atoms with Gasteiger partial charge < -0.3 is 20.3 Å². The van der Waals surface area contributed by atoms with Crippen LogP contribution in [0.5, 0.6) is 5.75 Å². The summed E-state index contributed by atoms with van der Waals surface area (Å²) in [6, 6.07) is 16.9. The van der Waals surface area contributed by atoms with E-state index in [1.165, 1.54) is 0 Å². The van der Waals surface area contributed by atoms with E-state index >= 15 is 0 Å². The van der Waals surface area contributed by atoms with Crippen molar-refractivity contribution in [2.75, 3.05) is 19.1 Å². The van der Waals surface area contributed by atoms with Crippen molar-refractivity contribution in [1.82, 2.24) is 10.6 Å². The summed E-state index contributed by atoms with van der Waals surface area (Å²) < 4.78 is 6.68. The van der Waals surface area contributed by atoms with E-state index in [1.54, 1.807) is 26.0 Å². The van der Waals surface area contributed by atoms with Crippen LogP contribution >= 0.6 is 28.3 Å². The second-order valence-electron chi connectivity index (χ2n) is 8.24. The van der Waals surface area contributed by atoms with Gasteiger partial charge in [-0.05, 0) is 67.4 Å². The highest BCUT2D eigenvalue weighted by Crippen LogP contribution is 2.36. The minimum Gasteiger partial charge on any atom is -0.496 e. The fourth-order valence-corrected chi connectivity index (χ4v) is 4.81. The number of carbonyl (C=O) groups excluding carboxylic acids is 2. The van der Waals surface area contributed by atoms with E-state index in [2.05, 4.69) is 26.6 Å². The molecule has 0 aromatic heterocycles. The predicted octanol–water partition coefficient (Wildman–Crippen LogP) is 4.60. The van der Waals surface area contributed by atoms with Crippen molar-refractivity contribution in [2.24, 2.45) is 0 Å². The van der Waals surface area contributed by atoms with Crippen LogP contribution in [-0.4, -0.2) is 38.1 Å². The van der Waals surface area contributed by atoms with Crippen LogP contribution in [0.3, 0.4) is 0 Å². The zero-order valence-electron chi connectivity index (χ0n) is 19.4. The summed E-state index contributed by atoms with van der Waals surface area (Å²) in [5.41, 5.74) is 2.88. The number of hydrogen-bond donors (Lipinski definition) is 2. The summed E-state index contributed by atoms with van der Waals surface area (Å²) in [6.07, 6.45) is 1.25. The van der Waals surface area contributed by atoms with E-state index in [4.69, 9.17) is 4.74 Å². The molecule has 180 valence electrons. The topological polar surface area (TPSA) is 70.7 Å². The molecule has 0 saturated heterocycles. The summed E-state index contributed by atoms with van der Waals surface area (Å²) >= 11 is 3.64. The second-order valence-corrected chi connectivity index (χ2v) is 9.10. The van der Waals surface area contributed by atoms with Gasteiger partial charge in [-0.1, -0.05) is 46.3 Å². The molecule has 3 aromatic carbocycles. The molecule has 0 bridgehead atoms. The highest BCUT2D eigenvalue weighted by Gasteiger charge is 2.33. The van der Waals surface area contributed by atoms with E-state index in [-0.39, 0.29) is 30.3 Å². The molecule has 8 heteroatoms. The molecular weight excluding hydrogens is 518 g/mol. The third-order valence-electron chi connectivity index (χ3n) is 6.30. The maximum absolute atomic E-state index is 13.8. The maximum atomic E-state index is 13.8. The smallest absolute Gasteiger partial charge is 0.249 e. The molecule has 1 aliphatic heterocycles. The zero-order valence-corrected chi connectivity index (χ0v) is 21.8. The third kappa shape index (κ3) is 5.06. The molecule has 2 atom stereocenters. The van der Waals surface area contributed by atoms with Crippen LogP contribution in [0.4, 0.5) is 5.69 Å². The van der Waals surface area contributed by atoms with Gasteiger partial charge in [0.25, 0.3) is 0 Å². The van der Waals surface area contributed by atoms with Crippen LogP contribution in [0.2, 0.25) is 0 Å². The summed E-state index contributed by atoms with van der Waals surface area (Å²) in [5.74, 6) is 0.415. The lowest BCUT2D eigenvalue weighted by atomic mass is 10.0. The van der Waals surface area contributed by atoms with Gasteiger partial charge in [-0.25, -0.2) is 0 Å². The largest absolute Gasteiger partial charge is 0.496 e. The molecular formula is C26H29BrClN3O3. The lowest BCUT2D eigenvalue weighted by Crippen LogP contribution is -2.52. The first kappa shape index (κ1) is 26.0. The van der Waals surface area contributed by atoms with Crippen molar-refractivity contribution in [3.8, 4) is 5.75 Å². The number of fused-ring (bicyclic) bond motifs is 2. The molecule has 6 nitrogen and oxygen atoms in total. The number of ether oxygens (including phenoxy) is 1. The molecule has 0 saturated carbocycles. The Bertz CT molecular complexity index is 1200. The molecule has 0 fully saturated rings. The summed E-state index contributed by atoms with van der Waals surface area (Å²) in [5, 5.41) is 7.96. The lowest BCUT2D eigenvalue weighted by molar-refractivity contribution is -0.128. The number of rotatable bonds is 6. The monoisotopic (exact) mass is 545 g/mol. The second kappa shape index (κ2) is 11.2. The zero-order chi connectivity index (χ0) is 23.5. The minimum atomic E-state index is -0.603. The maximum Gasteiger partial charge on any atom is 0.249 e. The molecule has 0 aliphatic carbocycles. The van der Waals surface area contributed by atoms with E-state index in [0.29, 0.717) is 19.4 Å². The van der Waals surface area contributed by atoms with Crippen LogP contribution in [-0.2, 0) is 22.6 Å². The van der Waals surface area contributed by atoms with Crippen molar-refractivity contribution in [1.29, 1.82) is 0 Å². The van der Waals surface area contributed by atoms with E-state index < -0.39 is 6.04 Å². The number of nitrogens with zero attached hydrogens (tertiary/aromatic N) is 1. The molecule has 1 aliphatic rings. The number of methoxy groups -OCH3 is 1. The first-order chi connectivity index (χ1) is 15.9. The predicted molar refractivity (Wildman–Crippen MR) is 142 cm³/mol. The van der Waals surface area contributed by atoms with Gasteiger partial charge in [-0.2, -0.15) is 0 Å². The molecule has 34 heavy (non-hydrogen) atoms. The molecule has 0 spiro atoms. The minimum absolute atomic E-state index is 0. The molecule has 0 radical (unpaired) electrons. The normalized spacial score (nSPS) is 16.3. The number of nitrogens with one attached hydrogen (secondary N) is 2. The van der Waals surface area contributed by atoms with Crippen molar-refractivity contribution in [3.05, 3.63) is 70.2 Å². The van der Waals surface area contributed by atoms with Gasteiger partial charge in [-0.15, -0.1) is 12.4 Å². The highest BCUT2D eigenvalue weighted by molar-refractivity contribution is 9.10. The first-order valence-corrected chi connectivity index (χ1v) is 11.8. The Balaban J connectivity index is 0.00000324. The number of hydrogen-bond acceptors (Lipinski definition) is 4. The average Bonchev–Trinajstić information content (AvgIpc) is 2.96. The average molecular weight is 547 g/mol. The van der Waals surface area contributed by atoms with Gasteiger partial charge in [0, 0.05) is 15.7 Å². The van der Waals surface area contributed by atoms with Gasteiger partial charge in [0.15, 0.2) is 0 Å². The van der Waals surface area contributed by atoms with Gasteiger partial charge >= 0.3 is 0 Å². The molecule has 1 heterocycles. The van der Waals surface area contributed by atoms with Crippen LogP contribution in [0, 0.1) is 0 Å². The van der Waals surface area contributed by atoms with Gasteiger partial charge in [0.2, 0.25) is 11.8 Å². The van der Waals surface area contributed by atoms with E-state index in [1.807, 2.05) is 54.6 Å². The fraction of sp³-hybridized carbons (Fsp3) is 0.308. The number of para-hydroxylation sites is 1. The Labute approximate surface area is 214 Å². The quantitative estimate of drug-likeness (QED) is 0.474. The van der Waals surface area contributed by atoms with Crippen LogP contribution in [0.15, 0.2) is 59.1 Å². The number of likely N-dealkylation sites (N-methyl/N-ethyl adjacent to an activating group) is 1. The van der Waals surface area contributed by atoms with Crippen LogP contribution < -0.4 is 20.3 Å². The molecule has 2 N–H and O–H groups in total. The molecule has 0 unspecified atom stereocenters. The van der Waals surface area contributed by atoms with Crippen molar-refractivity contribution < 1.29 is 14.3 Å². The Hall–Kier alpha value is -2.61. The molecule has 2 amide bonds. The fourth-order valence-electron chi connectivity index (χ4n) is 4.31. The standard InChI is InChI=1S/C26H28BrN3O3.ClH/c1-16(28-2)25(31)29-22-13-11-17-7-4-5-10-23(17)30(26(22)32)15-20-18-8-6-9-21(27)19(18)12-14-24(20)33-3;/h4-10,12,14,16,22,28H,11,13,15H2,1-3H3,(H,29,31);1H/t16-,22-;/m0./s1. The van der Waals surface area contributed by atoms with Crippen molar-refractivity contribution in [2.45, 2.75) is 38.4 Å². The SMILES string of the molecule is CN[C@@H](C)C(=O)N[C@H]1CCc2ccccc2N(Cc2c(OC)ccc3c(Br)cccc23)C1=O.Cl. The summed E-state index contributed by atoms with van der Waals surface area (Å²) in [7, 11) is 3.37. The third-order valence-corrected chi connectivity index (χ3v) is 7.00. The number of benzene rings is 3. The first-order valence-electron chi connectivity index (χ1n) is 11.1. The number of anilines is 1. The Morgan fingerprint density at radius 3 is 2.65 bits per heavy atom. The lowest BCUT2D eigenvalue weighted by Gasteiger charge is -2.28. The molecule has 3 aromatic rings. The Morgan fingerprint density at radius 1 is 1.15 bits per heavy atom. The van der Waals surface area contributed by atoms with Gasteiger partial charge in [0.1, 0.15) is 11.8 Å². The molecule has 4 rings (SSSR count). The Morgan fingerprint density at radius 2 is 1.91 bits per heavy atom. The van der Waals surface area contributed by atoms with Gasteiger partial charge in [-0.3, -0.25) is 9.59 Å². The van der Waals surface area contributed by atoms with Crippen molar-refractivity contribution in [3.63, 3.8) is 0 Å². The van der Waals surface area contributed by atoms with Gasteiger partial charge in [0.05, 0.1) is 19.7 Å².